The van der Waals surface area contributed by atoms with Crippen LogP contribution >= 0.6 is 0 Å². The van der Waals surface area contributed by atoms with E-state index in [1.54, 1.807) is 37.3 Å². The summed E-state index contributed by atoms with van der Waals surface area (Å²) in [6.45, 7) is 8.70. The molecule has 10 nitrogen and oxygen atoms in total. The van der Waals surface area contributed by atoms with Crippen LogP contribution in [-0.2, 0) is 27.2 Å². The zero-order valence-corrected chi connectivity index (χ0v) is 37.7. The number of unbranched alkanes of at least 4 members (excludes halogenated alkanes) is 2. The maximum Gasteiger partial charge on any atom is 0.410 e. The van der Waals surface area contributed by atoms with Crippen LogP contribution in [-0.4, -0.2) is 68.8 Å². The molecule has 0 unspecified atom stereocenters. The maximum atomic E-state index is 14.4. The Labute approximate surface area is 372 Å². The second kappa shape index (κ2) is 24.4. The molecule has 0 atom stereocenters. The van der Waals surface area contributed by atoms with Crippen LogP contribution in [0.5, 0.6) is 11.5 Å². The molecule has 0 spiro atoms. The molecule has 4 aromatic rings. The van der Waals surface area contributed by atoms with Crippen LogP contribution in [0.4, 0.5) is 25.0 Å². The number of nitrogens with one attached hydrogen (secondary N) is 3. The van der Waals surface area contributed by atoms with Gasteiger partial charge in [-0.05, 0) is 169 Å². The lowest BCUT2D eigenvalue weighted by Gasteiger charge is -2.33. The van der Waals surface area contributed by atoms with Crippen LogP contribution in [0.15, 0.2) is 84.9 Å². The van der Waals surface area contributed by atoms with Crippen molar-refractivity contribution in [2.45, 2.75) is 115 Å². The predicted molar refractivity (Wildman–Crippen MR) is 246 cm³/mol. The van der Waals surface area contributed by atoms with Crippen molar-refractivity contribution >= 4 is 29.3 Å². The molecule has 0 radical (unpaired) electrons. The fourth-order valence-electron chi connectivity index (χ4n) is 8.11. The molecular formula is C51H66F2N4O6. The first-order valence-corrected chi connectivity index (χ1v) is 22.4. The summed E-state index contributed by atoms with van der Waals surface area (Å²) in [5.74, 6) is 1.21. The number of hydrogen-bond acceptors (Lipinski definition) is 7. The van der Waals surface area contributed by atoms with Crippen LogP contribution in [0.1, 0.15) is 119 Å². The molecule has 0 saturated carbocycles. The highest BCUT2D eigenvalue weighted by Crippen LogP contribution is 2.32. The Bertz CT molecular complexity index is 2090. The lowest BCUT2D eigenvalue weighted by molar-refractivity contribution is -0.117. The predicted octanol–water partition coefficient (Wildman–Crippen LogP) is 11.0. The standard InChI is InChI=1S/C28H37FN2O4.C23H29FN2O2/c1-28(2,3)35-27(33)31-17-15-20(16-18-31)22-13-14-23(29)24(19-22)30-26(32)12-8-6-10-21-9-5-7-11-25(21)34-4;1-28-22-8-4-2-6-18(22)7-3-5-9-23(27)26-21-16-19(10-11-20(21)24)17-12-14-25-15-13-17/h5,7,9,11,13-14,19-20H,6,8,10,12,15-18H2,1-4H3,(H,30,32);2,4,6,8,10-11,16-17,25H,3,5,7,9,12-15H2,1H3,(H,26,27). The molecule has 2 heterocycles. The van der Waals surface area contributed by atoms with Crippen molar-refractivity contribution in [1.29, 1.82) is 0 Å². The number of hydrogen-bond donors (Lipinski definition) is 3. The van der Waals surface area contributed by atoms with Gasteiger partial charge in [-0.1, -0.05) is 48.5 Å². The minimum atomic E-state index is -0.521. The molecule has 0 bridgehead atoms. The number of piperidine rings is 2. The van der Waals surface area contributed by atoms with Crippen LogP contribution < -0.4 is 25.4 Å². The van der Waals surface area contributed by atoms with Crippen LogP contribution in [0.2, 0.25) is 0 Å². The van der Waals surface area contributed by atoms with E-state index in [0.717, 1.165) is 105 Å². The summed E-state index contributed by atoms with van der Waals surface area (Å²) in [6.07, 6.45) is 8.88. The number of ether oxygens (including phenoxy) is 3. The smallest absolute Gasteiger partial charge is 0.410 e. The number of likely N-dealkylation sites (tertiary alicyclic amines) is 1. The quantitative estimate of drug-likeness (QED) is 0.0960. The first kappa shape index (κ1) is 48.5. The number of amides is 3. The second-order valence-corrected chi connectivity index (χ2v) is 17.4. The summed E-state index contributed by atoms with van der Waals surface area (Å²) in [4.78, 5) is 38.8. The van der Waals surface area contributed by atoms with Gasteiger partial charge in [-0.25, -0.2) is 13.6 Å². The van der Waals surface area contributed by atoms with Gasteiger partial charge in [-0.2, -0.15) is 0 Å². The molecule has 3 amide bonds. The Balaban J connectivity index is 0.000000243. The van der Waals surface area contributed by atoms with Gasteiger partial charge in [-0.3, -0.25) is 9.59 Å². The lowest BCUT2D eigenvalue weighted by Crippen LogP contribution is -2.41. The number of methoxy groups -OCH3 is 2. The minimum absolute atomic E-state index is 0.138. The van der Waals surface area contributed by atoms with Gasteiger partial charge in [0, 0.05) is 25.9 Å². The van der Waals surface area contributed by atoms with Gasteiger partial charge >= 0.3 is 6.09 Å². The zero-order valence-electron chi connectivity index (χ0n) is 37.7. The number of nitrogens with zero attached hydrogens (tertiary/aromatic N) is 1. The number of aryl methyl sites for hydroxylation is 2. The first-order valence-electron chi connectivity index (χ1n) is 22.4. The maximum absolute atomic E-state index is 14.4. The number of benzene rings is 4. The molecule has 12 heteroatoms. The lowest BCUT2D eigenvalue weighted by atomic mass is 9.89. The summed E-state index contributed by atoms with van der Waals surface area (Å²) >= 11 is 0. The summed E-state index contributed by atoms with van der Waals surface area (Å²) in [5, 5.41) is 8.84. The third-order valence-electron chi connectivity index (χ3n) is 11.5. The van der Waals surface area contributed by atoms with E-state index < -0.39 is 11.4 Å². The number of para-hydroxylation sites is 2. The Morgan fingerprint density at radius 1 is 0.651 bits per heavy atom. The van der Waals surface area contributed by atoms with Crippen molar-refractivity contribution in [2.75, 3.05) is 51.0 Å². The second-order valence-electron chi connectivity index (χ2n) is 17.4. The Morgan fingerprint density at radius 3 is 1.54 bits per heavy atom. The molecule has 0 aliphatic carbocycles. The minimum Gasteiger partial charge on any atom is -0.496 e. The molecule has 2 aliphatic rings. The third-order valence-corrected chi connectivity index (χ3v) is 11.5. The molecule has 2 saturated heterocycles. The van der Waals surface area contributed by atoms with Crippen LogP contribution in [0.3, 0.4) is 0 Å². The number of anilines is 2. The van der Waals surface area contributed by atoms with E-state index in [9.17, 15) is 23.2 Å². The highest BCUT2D eigenvalue weighted by Gasteiger charge is 2.28. The normalized spacial score (nSPS) is 14.6. The fraction of sp³-hybridized carbons (Fsp3) is 0.471. The number of halogens is 2. The van der Waals surface area contributed by atoms with Crippen molar-refractivity contribution in [2.24, 2.45) is 0 Å². The largest absolute Gasteiger partial charge is 0.496 e. The third kappa shape index (κ3) is 15.7. The molecular weight excluding hydrogens is 803 g/mol. The van der Waals surface area contributed by atoms with Crippen molar-refractivity contribution in [3.8, 4) is 11.5 Å². The van der Waals surface area contributed by atoms with Gasteiger partial charge in [0.05, 0.1) is 25.6 Å². The van der Waals surface area contributed by atoms with E-state index in [-0.39, 0.29) is 35.3 Å². The zero-order chi connectivity index (χ0) is 45.2. The Hall–Kier alpha value is -5.49. The summed E-state index contributed by atoms with van der Waals surface area (Å²) in [5.41, 5.74) is 4.33. The molecule has 6 rings (SSSR count). The average Bonchev–Trinajstić information content (AvgIpc) is 3.28. The number of carbonyl (C=O) groups excluding carboxylic acids is 3. The molecule has 4 aromatic carbocycles. The molecule has 63 heavy (non-hydrogen) atoms. The van der Waals surface area contributed by atoms with E-state index >= 15 is 0 Å². The molecule has 2 fully saturated rings. The Morgan fingerprint density at radius 2 is 1.10 bits per heavy atom. The van der Waals surface area contributed by atoms with Gasteiger partial charge in [-0.15, -0.1) is 0 Å². The van der Waals surface area contributed by atoms with Crippen molar-refractivity contribution in [3.63, 3.8) is 0 Å². The topological polar surface area (TPSA) is 118 Å². The first-order chi connectivity index (χ1) is 30.3. The Kier molecular flexibility index (Phi) is 18.8. The van der Waals surface area contributed by atoms with E-state index in [1.165, 1.54) is 12.1 Å². The van der Waals surface area contributed by atoms with E-state index in [0.29, 0.717) is 44.0 Å². The van der Waals surface area contributed by atoms with Gasteiger partial charge in [0.2, 0.25) is 11.8 Å². The molecule has 340 valence electrons. The number of carbonyl (C=O) groups is 3. The monoisotopic (exact) mass is 868 g/mol. The number of rotatable bonds is 16. The summed E-state index contributed by atoms with van der Waals surface area (Å²) in [7, 11) is 3.32. The van der Waals surface area contributed by atoms with Gasteiger partial charge in [0.15, 0.2) is 0 Å². The van der Waals surface area contributed by atoms with E-state index in [1.807, 2.05) is 75.4 Å². The summed E-state index contributed by atoms with van der Waals surface area (Å²) < 4.78 is 44.7. The van der Waals surface area contributed by atoms with Crippen molar-refractivity contribution < 1.29 is 37.4 Å². The van der Waals surface area contributed by atoms with E-state index in [4.69, 9.17) is 14.2 Å². The average molecular weight is 869 g/mol. The van der Waals surface area contributed by atoms with Gasteiger partial charge in [0.25, 0.3) is 0 Å². The van der Waals surface area contributed by atoms with Gasteiger partial charge in [0.1, 0.15) is 28.7 Å². The van der Waals surface area contributed by atoms with Crippen molar-refractivity contribution in [1.82, 2.24) is 10.2 Å². The van der Waals surface area contributed by atoms with Crippen molar-refractivity contribution in [3.05, 3.63) is 119 Å². The highest BCUT2D eigenvalue weighted by molar-refractivity contribution is 5.91. The fourth-order valence-corrected chi connectivity index (χ4v) is 8.11. The van der Waals surface area contributed by atoms with Crippen LogP contribution in [0.25, 0.3) is 0 Å². The van der Waals surface area contributed by atoms with Crippen LogP contribution in [0, 0.1) is 11.6 Å². The SMILES string of the molecule is COc1ccccc1CCCCC(=O)Nc1cc(C2CCN(C(=O)OC(C)(C)C)CC2)ccc1F.COc1ccccc1CCCCC(=O)Nc1cc(C2CCNCC2)ccc1F. The highest BCUT2D eigenvalue weighted by atomic mass is 19.1. The van der Waals surface area contributed by atoms with E-state index in [2.05, 4.69) is 16.0 Å². The molecule has 2 aliphatic heterocycles. The molecule has 3 N–H and O–H groups in total. The van der Waals surface area contributed by atoms with Gasteiger partial charge < -0.3 is 35.1 Å². The molecule has 0 aromatic heterocycles. The summed E-state index contributed by atoms with van der Waals surface area (Å²) in [6, 6.07) is 25.8.